The fourth-order valence-corrected chi connectivity index (χ4v) is 4.04. The molecule has 0 aliphatic rings. The predicted molar refractivity (Wildman–Crippen MR) is 106 cm³/mol. The summed E-state index contributed by atoms with van der Waals surface area (Å²) in [7, 11) is -1.75. The second-order valence-corrected chi connectivity index (χ2v) is 8.41. The third-order valence-corrected chi connectivity index (χ3v) is 5.33. The van der Waals surface area contributed by atoms with Gasteiger partial charge in [0, 0.05) is 12.6 Å². The Kier molecular flexibility index (Phi) is 7.38. The van der Waals surface area contributed by atoms with Crippen molar-refractivity contribution >= 4 is 15.9 Å². The van der Waals surface area contributed by atoms with Crippen molar-refractivity contribution in [1.82, 2.24) is 10.0 Å². The standard InChI is InChI=1S/C20H26N2O4S/c1-15(2)22-27(24,25)14-17-9-7-16(8-10-17)13-21-20(23)12-18-5-4-6-19(11-18)26-3/h4-11,15,22H,12-14H2,1-3H3,(H,21,23). The fraction of sp³-hybridized carbons (Fsp3) is 0.350. The molecule has 2 aromatic rings. The van der Waals surface area contributed by atoms with E-state index in [0.29, 0.717) is 12.1 Å². The molecule has 0 aromatic heterocycles. The summed E-state index contributed by atoms with van der Waals surface area (Å²) in [6, 6.07) is 14.4. The van der Waals surface area contributed by atoms with Gasteiger partial charge < -0.3 is 10.1 Å². The summed E-state index contributed by atoms with van der Waals surface area (Å²) < 4.78 is 31.6. The van der Waals surface area contributed by atoms with Crippen LogP contribution in [0.15, 0.2) is 48.5 Å². The number of hydrogen-bond acceptors (Lipinski definition) is 4. The highest BCUT2D eigenvalue weighted by Crippen LogP contribution is 2.13. The van der Waals surface area contributed by atoms with Crippen LogP contribution in [0.2, 0.25) is 0 Å². The van der Waals surface area contributed by atoms with E-state index in [1.807, 2.05) is 36.4 Å². The van der Waals surface area contributed by atoms with E-state index in [9.17, 15) is 13.2 Å². The van der Waals surface area contributed by atoms with Gasteiger partial charge in [-0.05, 0) is 42.7 Å². The predicted octanol–water partition coefficient (Wildman–Crippen LogP) is 2.38. The molecule has 1 amide bonds. The van der Waals surface area contributed by atoms with Gasteiger partial charge in [0.15, 0.2) is 0 Å². The molecule has 2 N–H and O–H groups in total. The SMILES string of the molecule is COc1cccc(CC(=O)NCc2ccc(CS(=O)(=O)NC(C)C)cc2)c1. The van der Waals surface area contributed by atoms with Crippen LogP contribution in [0.5, 0.6) is 5.75 Å². The molecule has 0 radical (unpaired) electrons. The first-order valence-corrected chi connectivity index (χ1v) is 10.4. The summed E-state index contributed by atoms with van der Waals surface area (Å²) in [4.78, 5) is 12.1. The Labute approximate surface area is 161 Å². The molecule has 27 heavy (non-hydrogen) atoms. The minimum atomic E-state index is -3.34. The first-order chi connectivity index (χ1) is 12.8. The summed E-state index contributed by atoms with van der Waals surface area (Å²) in [5, 5.41) is 2.87. The number of amides is 1. The Morgan fingerprint density at radius 1 is 1.04 bits per heavy atom. The largest absolute Gasteiger partial charge is 0.497 e. The summed E-state index contributed by atoms with van der Waals surface area (Å²) in [5.74, 6) is 0.571. The van der Waals surface area contributed by atoms with Gasteiger partial charge >= 0.3 is 0 Å². The lowest BCUT2D eigenvalue weighted by Crippen LogP contribution is -2.31. The Morgan fingerprint density at radius 2 is 1.70 bits per heavy atom. The number of carbonyl (C=O) groups is 1. The third kappa shape index (κ3) is 7.40. The number of carbonyl (C=O) groups excluding carboxylic acids is 1. The summed E-state index contributed by atoms with van der Waals surface area (Å²) in [5.41, 5.74) is 2.49. The zero-order valence-corrected chi connectivity index (χ0v) is 16.7. The van der Waals surface area contributed by atoms with Gasteiger partial charge in [0.1, 0.15) is 5.75 Å². The first-order valence-electron chi connectivity index (χ1n) is 8.75. The molecule has 0 aliphatic heterocycles. The molecule has 6 nitrogen and oxygen atoms in total. The van der Waals surface area contributed by atoms with E-state index in [2.05, 4.69) is 10.0 Å². The lowest BCUT2D eigenvalue weighted by Gasteiger charge is -2.10. The zero-order chi connectivity index (χ0) is 19.9. The minimum absolute atomic E-state index is 0.0618. The molecule has 0 bridgehead atoms. The van der Waals surface area contributed by atoms with Gasteiger partial charge in [-0.1, -0.05) is 36.4 Å². The molecule has 0 spiro atoms. The van der Waals surface area contributed by atoms with Crippen LogP contribution in [0.4, 0.5) is 0 Å². The number of nitrogens with one attached hydrogen (secondary N) is 2. The van der Waals surface area contributed by atoms with Crippen molar-refractivity contribution in [1.29, 1.82) is 0 Å². The van der Waals surface area contributed by atoms with E-state index in [1.54, 1.807) is 33.1 Å². The second-order valence-electron chi connectivity index (χ2n) is 6.65. The molecule has 2 aromatic carbocycles. The molecule has 0 saturated carbocycles. The average Bonchev–Trinajstić information content (AvgIpc) is 2.60. The van der Waals surface area contributed by atoms with Crippen molar-refractivity contribution in [3.05, 3.63) is 65.2 Å². The number of rotatable bonds is 9. The Hall–Kier alpha value is -2.38. The molecule has 0 heterocycles. The quantitative estimate of drug-likeness (QED) is 0.689. The van der Waals surface area contributed by atoms with Crippen LogP contribution in [0.1, 0.15) is 30.5 Å². The van der Waals surface area contributed by atoms with E-state index in [-0.39, 0.29) is 24.1 Å². The number of ether oxygens (including phenoxy) is 1. The van der Waals surface area contributed by atoms with Crippen molar-refractivity contribution in [2.75, 3.05) is 7.11 Å². The summed E-state index contributed by atoms with van der Waals surface area (Å²) in [6.45, 7) is 3.96. The average molecular weight is 391 g/mol. The number of benzene rings is 2. The molecule has 146 valence electrons. The van der Waals surface area contributed by atoms with Gasteiger partial charge in [0.25, 0.3) is 0 Å². The molecule has 7 heteroatoms. The highest BCUT2D eigenvalue weighted by atomic mass is 32.2. The smallest absolute Gasteiger partial charge is 0.224 e. The van der Waals surface area contributed by atoms with E-state index < -0.39 is 10.0 Å². The maximum Gasteiger partial charge on any atom is 0.224 e. The Balaban J connectivity index is 1.86. The minimum Gasteiger partial charge on any atom is -0.497 e. The molecular formula is C20H26N2O4S. The Bertz CT molecular complexity index is 862. The van der Waals surface area contributed by atoms with E-state index in [1.165, 1.54) is 0 Å². The van der Waals surface area contributed by atoms with Crippen LogP contribution < -0.4 is 14.8 Å². The number of hydrogen-bond donors (Lipinski definition) is 2. The van der Waals surface area contributed by atoms with E-state index >= 15 is 0 Å². The van der Waals surface area contributed by atoms with Gasteiger partial charge in [-0.15, -0.1) is 0 Å². The summed E-state index contributed by atoms with van der Waals surface area (Å²) in [6.07, 6.45) is 0.272. The van der Waals surface area contributed by atoms with Gasteiger partial charge in [-0.3, -0.25) is 4.79 Å². The highest BCUT2D eigenvalue weighted by Gasteiger charge is 2.12. The summed E-state index contributed by atoms with van der Waals surface area (Å²) >= 11 is 0. The number of sulfonamides is 1. The lowest BCUT2D eigenvalue weighted by atomic mass is 10.1. The maximum atomic E-state index is 12.1. The highest BCUT2D eigenvalue weighted by molar-refractivity contribution is 7.88. The fourth-order valence-electron chi connectivity index (χ4n) is 2.60. The van der Waals surface area contributed by atoms with Crippen LogP contribution >= 0.6 is 0 Å². The van der Waals surface area contributed by atoms with Crippen LogP contribution in [-0.4, -0.2) is 27.5 Å². The zero-order valence-electron chi connectivity index (χ0n) is 15.9. The molecule has 0 unspecified atom stereocenters. The monoisotopic (exact) mass is 390 g/mol. The Morgan fingerprint density at radius 3 is 2.33 bits per heavy atom. The molecule has 2 rings (SSSR count). The third-order valence-electron chi connectivity index (χ3n) is 3.78. The van der Waals surface area contributed by atoms with Crippen LogP contribution in [-0.2, 0) is 33.5 Å². The molecule has 0 atom stereocenters. The van der Waals surface area contributed by atoms with Crippen molar-refractivity contribution in [3.63, 3.8) is 0 Å². The van der Waals surface area contributed by atoms with Gasteiger partial charge in [0.2, 0.25) is 15.9 Å². The van der Waals surface area contributed by atoms with Gasteiger partial charge in [-0.2, -0.15) is 0 Å². The molecule has 0 saturated heterocycles. The van der Waals surface area contributed by atoms with Crippen LogP contribution in [0.3, 0.4) is 0 Å². The second kappa shape index (κ2) is 9.53. The van der Waals surface area contributed by atoms with E-state index in [0.717, 1.165) is 16.9 Å². The maximum absolute atomic E-state index is 12.1. The first kappa shape index (κ1) is 20.9. The van der Waals surface area contributed by atoms with Gasteiger partial charge in [0.05, 0.1) is 19.3 Å². The van der Waals surface area contributed by atoms with Crippen molar-refractivity contribution < 1.29 is 17.9 Å². The molecule has 0 fully saturated rings. The number of methoxy groups -OCH3 is 1. The normalized spacial score (nSPS) is 11.4. The van der Waals surface area contributed by atoms with E-state index in [4.69, 9.17) is 4.74 Å². The van der Waals surface area contributed by atoms with Crippen molar-refractivity contribution in [3.8, 4) is 5.75 Å². The topological polar surface area (TPSA) is 84.5 Å². The van der Waals surface area contributed by atoms with Crippen LogP contribution in [0.25, 0.3) is 0 Å². The molecular weight excluding hydrogens is 364 g/mol. The van der Waals surface area contributed by atoms with Crippen LogP contribution in [0, 0.1) is 0 Å². The molecule has 0 aliphatic carbocycles. The van der Waals surface area contributed by atoms with Crippen molar-refractivity contribution in [2.24, 2.45) is 0 Å². The lowest BCUT2D eigenvalue weighted by molar-refractivity contribution is -0.120. The van der Waals surface area contributed by atoms with Crippen molar-refractivity contribution in [2.45, 2.75) is 38.6 Å². The van der Waals surface area contributed by atoms with Gasteiger partial charge in [-0.25, -0.2) is 13.1 Å².